The second-order valence-electron chi connectivity index (χ2n) is 15.4. The highest BCUT2D eigenvalue weighted by atomic mass is 32.2. The Bertz CT molecular complexity index is 1290. The lowest BCUT2D eigenvalue weighted by molar-refractivity contribution is -0.145. The van der Waals surface area contributed by atoms with Gasteiger partial charge in [-0.15, -0.1) is 0 Å². The topological polar surface area (TPSA) is 185 Å². The highest BCUT2D eigenvalue weighted by Gasteiger charge is 2.70. The summed E-state index contributed by atoms with van der Waals surface area (Å²) in [7, 11) is -3.33. The van der Waals surface area contributed by atoms with Gasteiger partial charge in [-0.25, -0.2) is 13.2 Å². The van der Waals surface area contributed by atoms with Gasteiger partial charge in [-0.3, -0.25) is 19.2 Å². The van der Waals surface area contributed by atoms with Gasteiger partial charge in [-0.1, -0.05) is 67.7 Å². The van der Waals surface area contributed by atoms with Gasteiger partial charge in [0.2, 0.25) is 17.6 Å². The molecule has 4 rings (SSSR count). The number of nitrogens with two attached hydrogens (primary N) is 1. The highest BCUT2D eigenvalue weighted by molar-refractivity contribution is 7.92. The minimum absolute atomic E-state index is 0.0615. The second kappa shape index (κ2) is 12.2. The van der Waals surface area contributed by atoms with E-state index in [2.05, 4.69) is 16.0 Å². The number of likely N-dealkylation sites (tertiary alicyclic amines) is 1. The molecular formula is C31H51N5O7S. The van der Waals surface area contributed by atoms with Gasteiger partial charge in [0.25, 0.3) is 5.91 Å². The first-order valence-electron chi connectivity index (χ1n) is 16.0. The zero-order valence-corrected chi connectivity index (χ0v) is 28.0. The molecule has 44 heavy (non-hydrogen) atoms. The molecule has 2 saturated carbocycles. The molecule has 0 aromatic rings. The van der Waals surface area contributed by atoms with Crippen molar-refractivity contribution in [2.45, 2.75) is 116 Å². The van der Waals surface area contributed by atoms with E-state index in [4.69, 9.17) is 5.73 Å². The van der Waals surface area contributed by atoms with Gasteiger partial charge in [0.1, 0.15) is 12.1 Å². The molecule has 0 aromatic carbocycles. The molecule has 7 atom stereocenters. The van der Waals surface area contributed by atoms with Crippen LogP contribution in [0.5, 0.6) is 0 Å². The van der Waals surface area contributed by atoms with Crippen molar-refractivity contribution in [3.63, 3.8) is 0 Å². The Morgan fingerprint density at radius 1 is 0.977 bits per heavy atom. The van der Waals surface area contributed by atoms with E-state index in [1.165, 1.54) is 4.90 Å². The highest BCUT2D eigenvalue weighted by Crippen LogP contribution is 2.65. The molecule has 2 heterocycles. The number of nitrogens with zero attached hydrogens (tertiary/aromatic N) is 1. The zero-order valence-electron chi connectivity index (χ0n) is 27.1. The Morgan fingerprint density at radius 3 is 2.09 bits per heavy atom. The summed E-state index contributed by atoms with van der Waals surface area (Å²) in [5, 5.41) is 7.75. The van der Waals surface area contributed by atoms with Crippen LogP contribution < -0.4 is 21.7 Å². The van der Waals surface area contributed by atoms with Gasteiger partial charge in [-0.05, 0) is 53.8 Å². The van der Waals surface area contributed by atoms with Gasteiger partial charge in [0.15, 0.2) is 9.84 Å². The average molecular weight is 638 g/mol. The molecule has 5 N–H and O–H groups in total. The first-order valence-corrected chi connectivity index (χ1v) is 17.7. The minimum atomic E-state index is -3.33. The Balaban J connectivity index is 1.53. The van der Waals surface area contributed by atoms with Crippen molar-refractivity contribution in [3.8, 4) is 0 Å². The third kappa shape index (κ3) is 6.77. The lowest BCUT2D eigenvalue weighted by Gasteiger charge is -2.38. The van der Waals surface area contributed by atoms with E-state index in [1.807, 2.05) is 48.5 Å². The molecule has 248 valence electrons. The zero-order chi connectivity index (χ0) is 32.9. The molecule has 12 nitrogen and oxygen atoms in total. The first kappa shape index (κ1) is 34.2. The third-order valence-electron chi connectivity index (χ3n) is 10.6. The van der Waals surface area contributed by atoms with Crippen molar-refractivity contribution in [2.75, 3.05) is 12.3 Å². The van der Waals surface area contributed by atoms with Crippen LogP contribution >= 0.6 is 0 Å². The van der Waals surface area contributed by atoms with E-state index in [-0.39, 0.29) is 34.8 Å². The quantitative estimate of drug-likeness (QED) is 0.247. The number of amides is 5. The molecule has 2 aliphatic carbocycles. The van der Waals surface area contributed by atoms with Gasteiger partial charge in [0, 0.05) is 12.6 Å². The van der Waals surface area contributed by atoms with Gasteiger partial charge in [-0.2, -0.15) is 0 Å². The van der Waals surface area contributed by atoms with Crippen molar-refractivity contribution >= 4 is 39.4 Å². The number of hydrogen-bond acceptors (Lipinski definition) is 7. The summed E-state index contributed by atoms with van der Waals surface area (Å²) in [6.45, 7) is 13.5. The van der Waals surface area contributed by atoms with Crippen molar-refractivity contribution in [3.05, 3.63) is 0 Å². The molecule has 2 saturated heterocycles. The third-order valence-corrected chi connectivity index (χ3v) is 12.9. The number of sulfone groups is 1. The second-order valence-corrected chi connectivity index (χ2v) is 17.8. The lowest BCUT2D eigenvalue weighted by Crippen LogP contribution is -2.62. The van der Waals surface area contributed by atoms with Crippen LogP contribution in [-0.2, 0) is 29.0 Å². The number of ketones is 1. The number of hydrogen-bond donors (Lipinski definition) is 4. The maximum absolute atomic E-state index is 14.2. The molecule has 0 radical (unpaired) electrons. The molecule has 2 aliphatic heterocycles. The van der Waals surface area contributed by atoms with E-state index in [0.717, 1.165) is 19.3 Å². The SMILES string of the molecule is CC(C)C(NC(=O)N[C@H](C(=O)N1C[C@H]2C([C@H]1C(=O)NC(CC1CCC1)C(=O)C(N)=O)C2(C)C)C(C)(C)C)C1CCCS1(=O)=O. The summed E-state index contributed by atoms with van der Waals surface area (Å²) in [4.78, 5) is 67.4. The van der Waals surface area contributed by atoms with Crippen molar-refractivity contribution in [1.82, 2.24) is 20.9 Å². The molecule has 5 amide bonds. The number of urea groups is 1. The van der Waals surface area contributed by atoms with E-state index >= 15 is 0 Å². The molecule has 0 spiro atoms. The molecule has 0 bridgehead atoms. The summed E-state index contributed by atoms with van der Waals surface area (Å²) in [5.74, 6) is -2.80. The van der Waals surface area contributed by atoms with E-state index < -0.39 is 74.2 Å². The number of fused-ring (bicyclic) bond motifs is 1. The predicted octanol–water partition coefficient (Wildman–Crippen LogP) is 1.51. The van der Waals surface area contributed by atoms with Crippen molar-refractivity contribution < 1.29 is 32.4 Å². The van der Waals surface area contributed by atoms with Gasteiger partial charge >= 0.3 is 6.03 Å². The molecule has 4 fully saturated rings. The summed E-state index contributed by atoms with van der Waals surface area (Å²) in [6, 6.07) is -4.21. The Hall–Kier alpha value is -2.70. The molecule has 13 heteroatoms. The number of carbonyl (C=O) groups excluding carboxylic acids is 5. The van der Waals surface area contributed by atoms with Crippen LogP contribution in [0, 0.1) is 34.5 Å². The van der Waals surface area contributed by atoms with E-state index in [1.54, 1.807) is 0 Å². The van der Waals surface area contributed by atoms with Crippen LogP contribution in [0.1, 0.15) is 87.0 Å². The number of carbonyl (C=O) groups is 5. The number of piperidine rings is 1. The van der Waals surface area contributed by atoms with Crippen LogP contribution in [0.3, 0.4) is 0 Å². The largest absolute Gasteiger partial charge is 0.363 e. The summed E-state index contributed by atoms with van der Waals surface area (Å²) in [5.41, 5.74) is 4.36. The maximum Gasteiger partial charge on any atom is 0.315 e. The van der Waals surface area contributed by atoms with Crippen LogP contribution in [0.15, 0.2) is 0 Å². The first-order chi connectivity index (χ1) is 20.3. The maximum atomic E-state index is 14.2. The van der Waals surface area contributed by atoms with Crippen molar-refractivity contribution in [2.24, 2.45) is 40.2 Å². The molecule has 4 unspecified atom stereocenters. The summed E-state index contributed by atoms with van der Waals surface area (Å²) < 4.78 is 25.3. The van der Waals surface area contributed by atoms with Crippen LogP contribution in [-0.4, -0.2) is 84.6 Å². The van der Waals surface area contributed by atoms with E-state index in [9.17, 15) is 32.4 Å². The Kier molecular flexibility index (Phi) is 9.51. The van der Waals surface area contributed by atoms with Gasteiger partial charge < -0.3 is 26.6 Å². The number of rotatable bonds is 11. The molecule has 0 aromatic heterocycles. The van der Waals surface area contributed by atoms with E-state index in [0.29, 0.717) is 25.8 Å². The normalized spacial score (nSPS) is 29.1. The molecule has 4 aliphatic rings. The lowest BCUT2D eigenvalue weighted by atomic mass is 9.80. The fourth-order valence-corrected chi connectivity index (χ4v) is 9.81. The predicted molar refractivity (Wildman–Crippen MR) is 165 cm³/mol. The smallest absolute Gasteiger partial charge is 0.315 e. The summed E-state index contributed by atoms with van der Waals surface area (Å²) >= 11 is 0. The number of nitrogens with one attached hydrogen (secondary N) is 3. The summed E-state index contributed by atoms with van der Waals surface area (Å²) in [6.07, 6.45) is 4.20. The van der Waals surface area contributed by atoms with Crippen LogP contribution in [0.2, 0.25) is 0 Å². The average Bonchev–Trinajstić information content (AvgIpc) is 3.19. The standard InChI is InChI=1S/C31H51N5O7S/c1-16(2)22(20-12-9-13-44(20,42)43)34-29(41)35-25(30(3,4)5)28(40)36-15-18-21(31(18,6)7)23(36)27(39)33-19(24(37)26(32)38)14-17-10-8-11-17/h16-23,25H,8-15H2,1-7H3,(H2,32,38)(H,33,39)(H2,34,35,41)/t18-,19?,20?,21?,22?,23-,25+/m0/s1. The minimum Gasteiger partial charge on any atom is -0.363 e. The van der Waals surface area contributed by atoms with Gasteiger partial charge in [0.05, 0.1) is 17.0 Å². The monoisotopic (exact) mass is 637 g/mol. The van der Waals surface area contributed by atoms with Crippen LogP contribution in [0.4, 0.5) is 4.79 Å². The van der Waals surface area contributed by atoms with Crippen LogP contribution in [0.25, 0.3) is 0 Å². The Morgan fingerprint density at radius 2 is 1.61 bits per heavy atom. The fraction of sp³-hybridized carbons (Fsp3) is 0.839. The van der Waals surface area contributed by atoms with Crippen molar-refractivity contribution in [1.29, 1.82) is 0 Å². The fourth-order valence-electron chi connectivity index (χ4n) is 7.58. The molecular weight excluding hydrogens is 586 g/mol. The number of Topliss-reactive ketones (excluding diaryl/α,β-unsaturated/α-hetero) is 1. The Labute approximate surface area is 261 Å². The number of primary amides is 1.